The lowest BCUT2D eigenvalue weighted by atomic mass is 10.0. The van der Waals surface area contributed by atoms with Gasteiger partial charge in [0.2, 0.25) is 5.88 Å². The number of carbonyl (C=O) groups excluding carboxylic acids is 1. The number of benzene rings is 2. The molecule has 0 bridgehead atoms. The first kappa shape index (κ1) is 17.3. The summed E-state index contributed by atoms with van der Waals surface area (Å²) in [4.78, 5) is 19.5. The maximum absolute atomic E-state index is 13.3. The van der Waals surface area contributed by atoms with Gasteiger partial charge in [-0.25, -0.2) is 4.98 Å². The molecule has 136 valence electrons. The number of aromatic nitrogens is 1. The van der Waals surface area contributed by atoms with Gasteiger partial charge in [-0.2, -0.15) is 0 Å². The Balaban J connectivity index is 1.66. The molecule has 1 aliphatic rings. The molecule has 4 heteroatoms. The van der Waals surface area contributed by atoms with Crippen molar-refractivity contribution >= 4 is 11.6 Å². The van der Waals surface area contributed by atoms with E-state index in [0.717, 1.165) is 24.9 Å². The molecule has 0 spiro atoms. The number of para-hydroxylation sites is 1. The molecule has 1 aliphatic heterocycles. The first-order chi connectivity index (χ1) is 13.3. The lowest BCUT2D eigenvalue weighted by Crippen LogP contribution is -2.35. The highest BCUT2D eigenvalue weighted by Crippen LogP contribution is 2.31. The third-order valence-electron chi connectivity index (χ3n) is 4.88. The summed E-state index contributed by atoms with van der Waals surface area (Å²) in [5.74, 6) is 0.969. The van der Waals surface area contributed by atoms with E-state index in [4.69, 9.17) is 4.74 Å². The molecule has 0 saturated heterocycles. The lowest BCUT2D eigenvalue weighted by molar-refractivity contribution is 0.0982. The summed E-state index contributed by atoms with van der Waals surface area (Å²) in [6.07, 6.45) is 4.54. The average molecular weight is 358 g/mol. The Morgan fingerprint density at radius 2 is 2.00 bits per heavy atom. The SMILES string of the molecule is CCc1cccc(Oc2ncccc2C(=O)N2CCCc3ccccc32)c1. The fourth-order valence-corrected chi connectivity index (χ4v) is 3.47. The van der Waals surface area contributed by atoms with Gasteiger partial charge in [-0.3, -0.25) is 4.79 Å². The molecule has 0 atom stereocenters. The maximum Gasteiger partial charge on any atom is 0.263 e. The summed E-state index contributed by atoms with van der Waals surface area (Å²) in [6.45, 7) is 2.80. The summed E-state index contributed by atoms with van der Waals surface area (Å²) in [6, 6.07) is 19.5. The Morgan fingerprint density at radius 3 is 2.89 bits per heavy atom. The van der Waals surface area contributed by atoms with E-state index in [9.17, 15) is 4.79 Å². The molecule has 0 N–H and O–H groups in total. The maximum atomic E-state index is 13.3. The molecule has 2 aromatic carbocycles. The minimum Gasteiger partial charge on any atom is -0.438 e. The van der Waals surface area contributed by atoms with Crippen LogP contribution < -0.4 is 9.64 Å². The van der Waals surface area contributed by atoms with E-state index in [1.165, 1.54) is 11.1 Å². The number of hydrogen-bond acceptors (Lipinski definition) is 3. The molecule has 27 heavy (non-hydrogen) atoms. The number of aryl methyl sites for hydroxylation is 2. The molecule has 0 fully saturated rings. The predicted octanol–water partition coefficient (Wildman–Crippen LogP) is 5.03. The van der Waals surface area contributed by atoms with Gasteiger partial charge in [-0.1, -0.05) is 37.3 Å². The van der Waals surface area contributed by atoms with Crippen LogP contribution in [0.4, 0.5) is 5.69 Å². The molecule has 4 nitrogen and oxygen atoms in total. The van der Waals surface area contributed by atoms with Crippen molar-refractivity contribution in [2.45, 2.75) is 26.2 Å². The van der Waals surface area contributed by atoms with Crippen LogP contribution in [0.1, 0.15) is 34.8 Å². The van der Waals surface area contributed by atoms with Crippen LogP contribution in [0, 0.1) is 0 Å². The van der Waals surface area contributed by atoms with E-state index in [1.54, 1.807) is 18.3 Å². The largest absolute Gasteiger partial charge is 0.438 e. The second kappa shape index (κ2) is 7.62. The number of carbonyl (C=O) groups is 1. The number of rotatable bonds is 4. The molecule has 0 unspecified atom stereocenters. The Hall–Kier alpha value is -3.14. The number of hydrogen-bond donors (Lipinski definition) is 0. The van der Waals surface area contributed by atoms with Gasteiger partial charge >= 0.3 is 0 Å². The predicted molar refractivity (Wildman–Crippen MR) is 107 cm³/mol. The zero-order valence-electron chi connectivity index (χ0n) is 15.4. The third-order valence-corrected chi connectivity index (χ3v) is 4.88. The van der Waals surface area contributed by atoms with E-state index in [1.807, 2.05) is 41.3 Å². The molecule has 1 aromatic heterocycles. The molecular weight excluding hydrogens is 336 g/mol. The number of anilines is 1. The molecular formula is C23H22N2O2. The molecule has 4 rings (SSSR count). The Kier molecular flexibility index (Phi) is 4.88. The average Bonchev–Trinajstić information content (AvgIpc) is 2.73. The van der Waals surface area contributed by atoms with Crippen molar-refractivity contribution in [3.05, 3.63) is 83.6 Å². The molecule has 0 aliphatic carbocycles. The van der Waals surface area contributed by atoms with Gasteiger partial charge in [-0.05, 0) is 60.7 Å². The van der Waals surface area contributed by atoms with Crippen molar-refractivity contribution in [1.29, 1.82) is 0 Å². The standard InChI is InChI=1S/C23H22N2O2/c1-2-17-8-5-11-19(16-17)27-22-20(12-6-14-24-22)23(26)25-15-7-10-18-9-3-4-13-21(18)25/h3-6,8-9,11-14,16H,2,7,10,15H2,1H3. The number of amides is 1. The van der Waals surface area contributed by atoms with Crippen molar-refractivity contribution in [3.8, 4) is 11.6 Å². The fraction of sp³-hybridized carbons (Fsp3) is 0.217. The Bertz CT molecular complexity index is 968. The van der Waals surface area contributed by atoms with Gasteiger partial charge in [0, 0.05) is 18.4 Å². The topological polar surface area (TPSA) is 42.4 Å². The van der Waals surface area contributed by atoms with Crippen LogP contribution in [0.2, 0.25) is 0 Å². The molecule has 0 radical (unpaired) electrons. The van der Waals surface area contributed by atoms with E-state index < -0.39 is 0 Å². The first-order valence-electron chi connectivity index (χ1n) is 9.38. The number of nitrogens with zero attached hydrogens (tertiary/aromatic N) is 2. The van der Waals surface area contributed by atoms with Crippen molar-refractivity contribution in [1.82, 2.24) is 4.98 Å². The number of pyridine rings is 1. The first-order valence-corrected chi connectivity index (χ1v) is 9.38. The highest BCUT2D eigenvalue weighted by molar-refractivity contribution is 6.08. The summed E-state index contributed by atoms with van der Waals surface area (Å²) in [5, 5.41) is 0. The van der Waals surface area contributed by atoms with Crippen LogP contribution in [-0.4, -0.2) is 17.4 Å². The zero-order valence-corrected chi connectivity index (χ0v) is 15.4. The third kappa shape index (κ3) is 3.56. The normalized spacial score (nSPS) is 13.1. The number of fused-ring (bicyclic) bond motifs is 1. The van der Waals surface area contributed by atoms with Gasteiger partial charge in [0.15, 0.2) is 0 Å². The smallest absolute Gasteiger partial charge is 0.263 e. The van der Waals surface area contributed by atoms with Crippen LogP contribution in [0.15, 0.2) is 66.9 Å². The molecule has 2 heterocycles. The van der Waals surface area contributed by atoms with Crippen molar-refractivity contribution in [3.63, 3.8) is 0 Å². The van der Waals surface area contributed by atoms with Gasteiger partial charge in [0.1, 0.15) is 11.3 Å². The van der Waals surface area contributed by atoms with Crippen LogP contribution in [0.25, 0.3) is 0 Å². The van der Waals surface area contributed by atoms with Crippen LogP contribution >= 0.6 is 0 Å². The van der Waals surface area contributed by atoms with Crippen LogP contribution in [0.3, 0.4) is 0 Å². The summed E-state index contributed by atoms with van der Waals surface area (Å²) in [7, 11) is 0. The van der Waals surface area contributed by atoms with Crippen molar-refractivity contribution in [2.24, 2.45) is 0 Å². The van der Waals surface area contributed by atoms with Gasteiger partial charge in [0.05, 0.1) is 0 Å². The Morgan fingerprint density at radius 1 is 1.11 bits per heavy atom. The fourth-order valence-electron chi connectivity index (χ4n) is 3.47. The van der Waals surface area contributed by atoms with Crippen LogP contribution in [0.5, 0.6) is 11.6 Å². The van der Waals surface area contributed by atoms with Crippen LogP contribution in [-0.2, 0) is 12.8 Å². The highest BCUT2D eigenvalue weighted by Gasteiger charge is 2.26. The quantitative estimate of drug-likeness (QED) is 0.657. The zero-order chi connectivity index (χ0) is 18.6. The highest BCUT2D eigenvalue weighted by atomic mass is 16.5. The van der Waals surface area contributed by atoms with Gasteiger partial charge in [-0.15, -0.1) is 0 Å². The van der Waals surface area contributed by atoms with E-state index in [0.29, 0.717) is 23.7 Å². The molecule has 1 amide bonds. The minimum atomic E-state index is -0.0723. The van der Waals surface area contributed by atoms with Crippen molar-refractivity contribution in [2.75, 3.05) is 11.4 Å². The number of ether oxygens (including phenoxy) is 1. The molecule has 3 aromatic rings. The monoisotopic (exact) mass is 358 g/mol. The van der Waals surface area contributed by atoms with Crippen molar-refractivity contribution < 1.29 is 9.53 Å². The summed E-state index contributed by atoms with van der Waals surface area (Å²) < 4.78 is 5.99. The lowest BCUT2D eigenvalue weighted by Gasteiger charge is -2.29. The second-order valence-electron chi connectivity index (χ2n) is 6.65. The van der Waals surface area contributed by atoms with Gasteiger partial charge in [0.25, 0.3) is 5.91 Å². The Labute approximate surface area is 159 Å². The second-order valence-corrected chi connectivity index (χ2v) is 6.65. The van der Waals surface area contributed by atoms with E-state index >= 15 is 0 Å². The summed E-state index contributed by atoms with van der Waals surface area (Å²) in [5.41, 5.74) is 3.85. The van der Waals surface area contributed by atoms with E-state index in [-0.39, 0.29) is 5.91 Å². The molecule has 0 saturated carbocycles. The van der Waals surface area contributed by atoms with E-state index in [2.05, 4.69) is 24.0 Å². The van der Waals surface area contributed by atoms with Gasteiger partial charge < -0.3 is 9.64 Å². The minimum absolute atomic E-state index is 0.0723. The summed E-state index contributed by atoms with van der Waals surface area (Å²) >= 11 is 0.